The summed E-state index contributed by atoms with van der Waals surface area (Å²) in [5.41, 5.74) is 0.948. The number of hydrogen-bond donors (Lipinski definition) is 1. The Morgan fingerprint density at radius 3 is 2.80 bits per heavy atom. The van der Waals surface area contributed by atoms with Crippen LogP contribution in [0.4, 0.5) is 0 Å². The summed E-state index contributed by atoms with van der Waals surface area (Å²) in [4.78, 5) is 12.1. The van der Waals surface area contributed by atoms with Gasteiger partial charge in [-0.25, -0.2) is 10.9 Å². The van der Waals surface area contributed by atoms with Gasteiger partial charge in [0.25, 0.3) is 5.91 Å². The molecule has 15 heavy (non-hydrogen) atoms. The molecule has 78 valence electrons. The summed E-state index contributed by atoms with van der Waals surface area (Å²) in [6.45, 7) is 0. The van der Waals surface area contributed by atoms with Gasteiger partial charge in [-0.15, -0.1) is 0 Å². The van der Waals surface area contributed by atoms with E-state index in [-0.39, 0.29) is 5.91 Å². The number of nitrogens with two attached hydrogens (primary N) is 1. The highest BCUT2D eigenvalue weighted by Gasteiger charge is 2.29. The van der Waals surface area contributed by atoms with E-state index in [0.29, 0.717) is 9.23 Å². The van der Waals surface area contributed by atoms with Gasteiger partial charge in [0.2, 0.25) is 0 Å². The normalized spacial score (nSPS) is 19.3. The van der Waals surface area contributed by atoms with Crippen LogP contribution in [0.1, 0.15) is 5.69 Å². The Kier molecular flexibility index (Phi) is 2.64. The van der Waals surface area contributed by atoms with Gasteiger partial charge < -0.3 is 4.57 Å². The molecule has 4 nitrogen and oxygen atoms in total. The molecule has 1 fully saturated rings. The molecule has 1 amide bonds. The van der Waals surface area contributed by atoms with Crippen molar-refractivity contribution in [1.82, 2.24) is 9.58 Å². The van der Waals surface area contributed by atoms with Crippen LogP contribution in [0.2, 0.25) is 0 Å². The molecule has 0 spiro atoms. The Morgan fingerprint density at radius 1 is 1.60 bits per heavy atom. The van der Waals surface area contributed by atoms with Crippen LogP contribution in [0, 0.1) is 0 Å². The number of hydrogen-bond acceptors (Lipinski definition) is 4. The number of amides is 1. The van der Waals surface area contributed by atoms with E-state index in [0.717, 1.165) is 10.7 Å². The Bertz CT molecular complexity index is 464. The van der Waals surface area contributed by atoms with Crippen molar-refractivity contribution in [2.75, 3.05) is 0 Å². The fourth-order valence-corrected chi connectivity index (χ4v) is 2.33. The summed E-state index contributed by atoms with van der Waals surface area (Å²) in [6.07, 6.45) is 3.70. The lowest BCUT2D eigenvalue weighted by Gasteiger charge is -2.03. The van der Waals surface area contributed by atoms with Crippen molar-refractivity contribution in [2.24, 2.45) is 12.9 Å². The molecule has 2 heterocycles. The zero-order chi connectivity index (χ0) is 11.0. The number of thioether (sulfide) groups is 1. The number of aromatic nitrogens is 1. The van der Waals surface area contributed by atoms with Crippen LogP contribution in [-0.2, 0) is 11.8 Å². The van der Waals surface area contributed by atoms with E-state index in [4.69, 9.17) is 18.1 Å². The summed E-state index contributed by atoms with van der Waals surface area (Å²) < 4.78 is 2.31. The molecule has 0 aliphatic carbocycles. The molecule has 0 unspecified atom stereocenters. The van der Waals surface area contributed by atoms with Crippen molar-refractivity contribution in [3.05, 3.63) is 28.9 Å². The second kappa shape index (κ2) is 3.80. The van der Waals surface area contributed by atoms with Crippen LogP contribution in [0.3, 0.4) is 0 Å². The third-order valence-corrected chi connectivity index (χ3v) is 3.42. The van der Waals surface area contributed by atoms with E-state index in [2.05, 4.69) is 0 Å². The SMILES string of the molecule is Cn1cccc1/C=C1\SC(=S)N(N)C1=O. The van der Waals surface area contributed by atoms with Crippen molar-refractivity contribution in [1.29, 1.82) is 0 Å². The van der Waals surface area contributed by atoms with Gasteiger partial charge in [-0.3, -0.25) is 4.79 Å². The maximum Gasteiger partial charge on any atom is 0.280 e. The van der Waals surface area contributed by atoms with Crippen LogP contribution in [0.25, 0.3) is 6.08 Å². The Hall–Kier alpha value is -1.11. The lowest BCUT2D eigenvalue weighted by molar-refractivity contribution is -0.122. The topological polar surface area (TPSA) is 51.3 Å². The van der Waals surface area contributed by atoms with Gasteiger partial charge in [0.1, 0.15) is 0 Å². The highest BCUT2D eigenvalue weighted by Crippen LogP contribution is 2.30. The summed E-state index contributed by atoms with van der Waals surface area (Å²) in [6, 6.07) is 3.83. The molecule has 1 saturated heterocycles. The number of carbonyl (C=O) groups is 1. The molecule has 0 aromatic carbocycles. The minimum absolute atomic E-state index is 0.244. The van der Waals surface area contributed by atoms with Crippen LogP contribution in [-0.4, -0.2) is 19.8 Å². The number of hydrazine groups is 1. The van der Waals surface area contributed by atoms with Crippen molar-refractivity contribution in [3.63, 3.8) is 0 Å². The fraction of sp³-hybridized carbons (Fsp3) is 0.111. The first-order chi connectivity index (χ1) is 7.09. The smallest absolute Gasteiger partial charge is 0.280 e. The van der Waals surface area contributed by atoms with Gasteiger partial charge >= 0.3 is 0 Å². The molecule has 0 saturated carbocycles. The lowest BCUT2D eigenvalue weighted by atomic mass is 10.3. The van der Waals surface area contributed by atoms with E-state index in [1.165, 1.54) is 11.8 Å². The second-order valence-corrected chi connectivity index (χ2v) is 4.77. The average Bonchev–Trinajstić information content (AvgIpc) is 2.69. The predicted octanol–water partition coefficient (Wildman–Crippen LogP) is 1.10. The maximum absolute atomic E-state index is 11.6. The third kappa shape index (κ3) is 1.83. The summed E-state index contributed by atoms with van der Waals surface area (Å²) in [7, 11) is 1.91. The number of carbonyl (C=O) groups excluding carboxylic acids is 1. The van der Waals surface area contributed by atoms with E-state index >= 15 is 0 Å². The molecule has 0 radical (unpaired) electrons. The molecule has 1 aliphatic rings. The Labute approximate surface area is 96.7 Å². The lowest BCUT2D eigenvalue weighted by Crippen LogP contribution is -2.34. The average molecular weight is 239 g/mol. The molecular formula is C9H9N3OS2. The summed E-state index contributed by atoms with van der Waals surface area (Å²) >= 11 is 6.14. The van der Waals surface area contributed by atoms with Crippen molar-refractivity contribution < 1.29 is 4.79 Å². The number of aryl methyl sites for hydroxylation is 1. The van der Waals surface area contributed by atoms with E-state index in [1.54, 1.807) is 6.08 Å². The molecular weight excluding hydrogens is 230 g/mol. The van der Waals surface area contributed by atoms with Gasteiger partial charge in [-0.05, 0) is 18.2 Å². The van der Waals surface area contributed by atoms with Gasteiger partial charge in [0.05, 0.1) is 4.91 Å². The number of rotatable bonds is 1. The number of thiocarbonyl (C=S) groups is 1. The van der Waals surface area contributed by atoms with E-state index in [9.17, 15) is 4.79 Å². The monoisotopic (exact) mass is 239 g/mol. The van der Waals surface area contributed by atoms with E-state index in [1.807, 2.05) is 29.9 Å². The van der Waals surface area contributed by atoms with Crippen molar-refractivity contribution in [3.8, 4) is 0 Å². The van der Waals surface area contributed by atoms with Crippen molar-refractivity contribution >= 4 is 40.3 Å². The molecule has 6 heteroatoms. The van der Waals surface area contributed by atoms with Gasteiger partial charge in [-0.2, -0.15) is 0 Å². The van der Waals surface area contributed by atoms with Crippen LogP contribution >= 0.6 is 24.0 Å². The first-order valence-corrected chi connectivity index (χ1v) is 5.46. The maximum atomic E-state index is 11.6. The molecule has 2 N–H and O–H groups in total. The molecule has 1 aromatic rings. The molecule has 1 aliphatic heterocycles. The molecule has 1 aromatic heterocycles. The first-order valence-electron chi connectivity index (χ1n) is 4.23. The summed E-state index contributed by atoms with van der Waals surface area (Å²) in [5.74, 6) is 5.21. The predicted molar refractivity (Wildman–Crippen MR) is 64.6 cm³/mol. The van der Waals surface area contributed by atoms with Crippen LogP contribution in [0.5, 0.6) is 0 Å². The minimum atomic E-state index is -0.244. The quantitative estimate of drug-likeness (QED) is 0.345. The van der Waals surface area contributed by atoms with Gasteiger partial charge in [-0.1, -0.05) is 24.0 Å². The van der Waals surface area contributed by atoms with Crippen LogP contribution < -0.4 is 5.84 Å². The highest BCUT2D eigenvalue weighted by atomic mass is 32.2. The summed E-state index contributed by atoms with van der Waals surface area (Å²) in [5, 5.41) is 0.995. The van der Waals surface area contributed by atoms with Crippen molar-refractivity contribution in [2.45, 2.75) is 0 Å². The third-order valence-electron chi connectivity index (χ3n) is 2.09. The largest absolute Gasteiger partial charge is 0.351 e. The zero-order valence-electron chi connectivity index (χ0n) is 8.01. The first kappa shape index (κ1) is 10.4. The second-order valence-electron chi connectivity index (χ2n) is 3.10. The Morgan fingerprint density at radius 2 is 2.33 bits per heavy atom. The standard InChI is InChI=1S/C9H9N3OS2/c1-11-4-2-3-6(11)5-7-8(13)12(10)9(14)15-7/h2-5H,10H2,1H3/b7-5-. The molecule has 0 bridgehead atoms. The van der Waals surface area contributed by atoms with Gasteiger partial charge in [0.15, 0.2) is 4.32 Å². The molecule has 2 rings (SSSR count). The zero-order valence-corrected chi connectivity index (χ0v) is 9.64. The fourth-order valence-electron chi connectivity index (χ4n) is 1.24. The highest BCUT2D eigenvalue weighted by molar-refractivity contribution is 8.26. The minimum Gasteiger partial charge on any atom is -0.351 e. The van der Waals surface area contributed by atoms with E-state index < -0.39 is 0 Å². The molecule has 0 atom stereocenters. The van der Waals surface area contributed by atoms with Gasteiger partial charge in [0, 0.05) is 18.9 Å². The number of nitrogens with zero attached hydrogens (tertiary/aromatic N) is 2. The van der Waals surface area contributed by atoms with Crippen LogP contribution in [0.15, 0.2) is 23.2 Å². The Balaban J connectivity index is 2.34.